The molecule has 3 heterocycles. The fourth-order valence-corrected chi connectivity index (χ4v) is 4.36. The molecule has 0 N–H and O–H groups in total. The van der Waals surface area contributed by atoms with Gasteiger partial charge in [0.25, 0.3) is 0 Å². The highest BCUT2D eigenvalue weighted by Crippen LogP contribution is 2.27. The van der Waals surface area contributed by atoms with E-state index in [0.717, 1.165) is 50.4 Å². The summed E-state index contributed by atoms with van der Waals surface area (Å²) >= 11 is 0. The van der Waals surface area contributed by atoms with Crippen molar-refractivity contribution in [3.63, 3.8) is 0 Å². The van der Waals surface area contributed by atoms with Crippen LogP contribution < -0.4 is 4.90 Å². The third-order valence-electron chi connectivity index (χ3n) is 5.94. The fourth-order valence-electron chi connectivity index (χ4n) is 4.36. The lowest BCUT2D eigenvalue weighted by atomic mass is 9.91. The van der Waals surface area contributed by atoms with E-state index in [0.29, 0.717) is 11.9 Å². The Bertz CT molecular complexity index is 756. The van der Waals surface area contributed by atoms with Crippen LogP contribution in [0.1, 0.15) is 44.9 Å². The molecule has 4 rings (SSSR count). The average Bonchev–Trinajstić information content (AvgIpc) is 3.28. The second-order valence-electron chi connectivity index (χ2n) is 7.71. The summed E-state index contributed by atoms with van der Waals surface area (Å²) in [5, 5.41) is 4.24. The molecule has 0 bridgehead atoms. The maximum absolute atomic E-state index is 13.1. The van der Waals surface area contributed by atoms with Gasteiger partial charge in [-0.15, -0.1) is 0 Å². The summed E-state index contributed by atoms with van der Waals surface area (Å²) in [4.78, 5) is 26.1. The molecular formula is C20H28N6O. The van der Waals surface area contributed by atoms with Crippen molar-refractivity contribution in [1.29, 1.82) is 0 Å². The summed E-state index contributed by atoms with van der Waals surface area (Å²) in [5.41, 5.74) is 0. The quantitative estimate of drug-likeness (QED) is 0.830. The first-order valence-corrected chi connectivity index (χ1v) is 10.1. The van der Waals surface area contributed by atoms with Gasteiger partial charge in [-0.3, -0.25) is 4.79 Å². The van der Waals surface area contributed by atoms with Crippen LogP contribution >= 0.6 is 0 Å². The Kier molecular flexibility index (Phi) is 5.36. The van der Waals surface area contributed by atoms with Crippen LogP contribution in [-0.4, -0.2) is 56.7 Å². The zero-order chi connectivity index (χ0) is 18.6. The van der Waals surface area contributed by atoms with Crippen LogP contribution in [-0.2, 0) is 4.79 Å². The van der Waals surface area contributed by atoms with E-state index in [1.165, 1.54) is 19.3 Å². The van der Waals surface area contributed by atoms with E-state index >= 15 is 0 Å². The normalized spacial score (nSPS) is 21.2. The summed E-state index contributed by atoms with van der Waals surface area (Å²) in [6.07, 6.45) is 13.3. The number of carbonyl (C=O) groups is 1. The topological polar surface area (TPSA) is 67.2 Å². The zero-order valence-electron chi connectivity index (χ0n) is 16.0. The van der Waals surface area contributed by atoms with Crippen molar-refractivity contribution >= 4 is 11.7 Å². The van der Waals surface area contributed by atoms with Crippen molar-refractivity contribution in [3.8, 4) is 5.82 Å². The van der Waals surface area contributed by atoms with E-state index in [1.54, 1.807) is 17.2 Å². The summed E-state index contributed by atoms with van der Waals surface area (Å²) in [6.45, 7) is 1.65. The Morgan fingerprint density at radius 1 is 1.11 bits per heavy atom. The van der Waals surface area contributed by atoms with Crippen molar-refractivity contribution in [1.82, 2.24) is 24.6 Å². The van der Waals surface area contributed by atoms with Crippen molar-refractivity contribution < 1.29 is 4.79 Å². The van der Waals surface area contributed by atoms with Crippen molar-refractivity contribution in [2.24, 2.45) is 5.92 Å². The Balaban J connectivity index is 1.45. The average molecular weight is 368 g/mol. The standard InChI is InChI=1S/C20H28N6O/c1-24(17-8-3-2-4-9-17)20(27)16-7-5-11-25(14-16)18-13-19(22-15-21-18)26-12-6-10-23-26/h6,10,12-13,15-17H,2-5,7-9,11,14H2,1H3. The molecule has 0 radical (unpaired) electrons. The lowest BCUT2D eigenvalue weighted by molar-refractivity contribution is -0.137. The second kappa shape index (κ2) is 8.06. The molecule has 1 amide bonds. The van der Waals surface area contributed by atoms with Crippen LogP contribution in [0, 0.1) is 5.92 Å². The molecule has 1 saturated carbocycles. The number of anilines is 1. The SMILES string of the molecule is CN(C(=O)C1CCCN(c2cc(-n3cccn3)ncn2)C1)C1CCCCC1. The van der Waals surface area contributed by atoms with Crippen LogP contribution in [0.2, 0.25) is 0 Å². The minimum absolute atomic E-state index is 0.0498. The predicted molar refractivity (Wildman–Crippen MR) is 104 cm³/mol. The number of amides is 1. The third kappa shape index (κ3) is 3.96. The smallest absolute Gasteiger partial charge is 0.227 e. The minimum Gasteiger partial charge on any atom is -0.356 e. The van der Waals surface area contributed by atoms with Gasteiger partial charge in [-0.05, 0) is 31.7 Å². The molecule has 2 fully saturated rings. The lowest BCUT2D eigenvalue weighted by Gasteiger charge is -2.38. The van der Waals surface area contributed by atoms with E-state index in [-0.39, 0.29) is 5.92 Å². The zero-order valence-corrected chi connectivity index (χ0v) is 16.0. The van der Waals surface area contributed by atoms with Gasteiger partial charge < -0.3 is 9.80 Å². The number of hydrogen-bond donors (Lipinski definition) is 0. The number of rotatable bonds is 4. The summed E-state index contributed by atoms with van der Waals surface area (Å²) < 4.78 is 1.73. The Hall–Kier alpha value is -2.44. The van der Waals surface area contributed by atoms with Crippen molar-refractivity contribution in [2.75, 3.05) is 25.0 Å². The van der Waals surface area contributed by atoms with Crippen LogP contribution in [0.25, 0.3) is 5.82 Å². The number of hydrogen-bond acceptors (Lipinski definition) is 5. The molecule has 1 aliphatic heterocycles. The van der Waals surface area contributed by atoms with Crippen LogP contribution in [0.5, 0.6) is 0 Å². The van der Waals surface area contributed by atoms with Crippen molar-refractivity contribution in [2.45, 2.75) is 51.0 Å². The molecular weight excluding hydrogens is 340 g/mol. The van der Waals surface area contributed by atoms with Crippen LogP contribution in [0.4, 0.5) is 5.82 Å². The van der Waals surface area contributed by atoms with Gasteiger partial charge in [0, 0.05) is 44.6 Å². The van der Waals surface area contributed by atoms with Gasteiger partial charge in [0.1, 0.15) is 12.1 Å². The Labute approximate surface area is 160 Å². The lowest BCUT2D eigenvalue weighted by Crippen LogP contribution is -2.47. The first-order valence-electron chi connectivity index (χ1n) is 10.1. The van der Waals surface area contributed by atoms with Gasteiger partial charge in [0.05, 0.1) is 5.92 Å². The van der Waals surface area contributed by atoms with E-state index in [4.69, 9.17) is 0 Å². The van der Waals surface area contributed by atoms with Gasteiger partial charge in [0.15, 0.2) is 5.82 Å². The molecule has 27 heavy (non-hydrogen) atoms. The highest BCUT2D eigenvalue weighted by Gasteiger charge is 2.31. The molecule has 2 aromatic rings. The molecule has 0 spiro atoms. The number of carbonyl (C=O) groups excluding carboxylic acids is 1. The number of piperidine rings is 1. The molecule has 2 aliphatic rings. The maximum Gasteiger partial charge on any atom is 0.227 e. The highest BCUT2D eigenvalue weighted by molar-refractivity contribution is 5.79. The number of nitrogens with zero attached hydrogens (tertiary/aromatic N) is 6. The maximum atomic E-state index is 13.1. The van der Waals surface area contributed by atoms with Gasteiger partial charge in [0.2, 0.25) is 5.91 Å². The van der Waals surface area contributed by atoms with Gasteiger partial charge in [-0.25, -0.2) is 14.6 Å². The van der Waals surface area contributed by atoms with E-state index in [2.05, 4.69) is 20.0 Å². The molecule has 2 aromatic heterocycles. The number of aromatic nitrogens is 4. The first kappa shape index (κ1) is 17.9. The monoisotopic (exact) mass is 368 g/mol. The van der Waals surface area contributed by atoms with Gasteiger partial charge >= 0.3 is 0 Å². The van der Waals surface area contributed by atoms with Gasteiger partial charge in [-0.2, -0.15) is 5.10 Å². The molecule has 0 aromatic carbocycles. The largest absolute Gasteiger partial charge is 0.356 e. The molecule has 144 valence electrons. The predicted octanol–water partition coefficient (Wildman–Crippen LogP) is 2.67. The molecule has 1 saturated heterocycles. The molecule has 7 nitrogen and oxygen atoms in total. The summed E-state index contributed by atoms with van der Waals surface area (Å²) in [7, 11) is 2.00. The molecule has 1 aliphatic carbocycles. The molecule has 7 heteroatoms. The Morgan fingerprint density at radius 3 is 2.70 bits per heavy atom. The minimum atomic E-state index is 0.0498. The summed E-state index contributed by atoms with van der Waals surface area (Å²) in [5.74, 6) is 1.97. The Morgan fingerprint density at radius 2 is 1.93 bits per heavy atom. The molecule has 1 unspecified atom stereocenters. The van der Waals surface area contributed by atoms with Gasteiger partial charge in [-0.1, -0.05) is 19.3 Å². The summed E-state index contributed by atoms with van der Waals surface area (Å²) in [6, 6.07) is 4.25. The first-order chi connectivity index (χ1) is 13.2. The van der Waals surface area contributed by atoms with Crippen LogP contribution in [0.15, 0.2) is 30.9 Å². The van der Waals surface area contributed by atoms with E-state index in [1.807, 2.05) is 30.3 Å². The van der Waals surface area contributed by atoms with E-state index < -0.39 is 0 Å². The fraction of sp³-hybridized carbons (Fsp3) is 0.600. The second-order valence-corrected chi connectivity index (χ2v) is 7.71. The highest BCUT2D eigenvalue weighted by atomic mass is 16.2. The molecule has 1 atom stereocenters. The van der Waals surface area contributed by atoms with Crippen molar-refractivity contribution in [3.05, 3.63) is 30.9 Å². The van der Waals surface area contributed by atoms with E-state index in [9.17, 15) is 4.79 Å². The third-order valence-corrected chi connectivity index (χ3v) is 5.94. The van der Waals surface area contributed by atoms with Crippen LogP contribution in [0.3, 0.4) is 0 Å².